The quantitative estimate of drug-likeness (QED) is 0.757. The van der Waals surface area contributed by atoms with Crippen LogP contribution in [0.5, 0.6) is 0 Å². The molecule has 1 aliphatic rings. The fourth-order valence-electron chi connectivity index (χ4n) is 2.66. The molecule has 132 valence electrons. The highest BCUT2D eigenvalue weighted by Crippen LogP contribution is 2.22. The first-order valence-corrected chi connectivity index (χ1v) is 8.03. The number of nitrogens with zero attached hydrogens (tertiary/aromatic N) is 2. The molecule has 1 aliphatic heterocycles. The van der Waals surface area contributed by atoms with Crippen LogP contribution < -0.4 is 10.2 Å². The van der Waals surface area contributed by atoms with Gasteiger partial charge in [-0.15, -0.1) is 0 Å². The molecule has 26 heavy (non-hydrogen) atoms. The van der Waals surface area contributed by atoms with E-state index in [0.29, 0.717) is 18.1 Å². The average molecular weight is 353 g/mol. The number of anilines is 1. The van der Waals surface area contributed by atoms with E-state index >= 15 is 0 Å². The molecule has 1 unspecified atom stereocenters. The lowest BCUT2D eigenvalue weighted by molar-refractivity contribution is 0.0907. The Morgan fingerprint density at radius 3 is 2.81 bits per heavy atom. The van der Waals surface area contributed by atoms with Crippen molar-refractivity contribution in [2.24, 2.45) is 0 Å². The Balaban J connectivity index is 1.34. The van der Waals surface area contributed by atoms with Crippen LogP contribution in [0.25, 0.3) is 11.5 Å². The Kier molecular flexibility index (Phi) is 4.14. The molecule has 0 bridgehead atoms. The monoisotopic (exact) mass is 353 g/mol. The van der Waals surface area contributed by atoms with Gasteiger partial charge in [-0.2, -0.15) is 0 Å². The predicted octanol–water partition coefficient (Wildman–Crippen LogP) is 2.69. The van der Waals surface area contributed by atoms with Gasteiger partial charge in [-0.1, -0.05) is 23.4 Å². The molecule has 0 radical (unpaired) electrons. The molecular weight excluding hydrogens is 338 g/mol. The van der Waals surface area contributed by atoms with Gasteiger partial charge >= 0.3 is 6.09 Å². The Labute approximate surface area is 148 Å². The van der Waals surface area contributed by atoms with Gasteiger partial charge in [0.15, 0.2) is 11.5 Å². The minimum atomic E-state index is -0.442. The second kappa shape index (κ2) is 6.75. The lowest BCUT2D eigenvalue weighted by Gasteiger charge is -2.12. The van der Waals surface area contributed by atoms with Crippen LogP contribution in [0.4, 0.5) is 10.5 Å². The number of aromatic nitrogens is 1. The highest BCUT2D eigenvalue weighted by molar-refractivity contribution is 5.93. The van der Waals surface area contributed by atoms with E-state index in [1.165, 1.54) is 17.2 Å². The molecule has 8 nitrogen and oxygen atoms in total. The lowest BCUT2D eigenvalue weighted by Crippen LogP contribution is -2.34. The summed E-state index contributed by atoms with van der Waals surface area (Å²) >= 11 is 0. The SMILES string of the molecule is O=C(NCC1CN(c2ccccc2)C(=O)O1)c1cc(-c2ccco2)on1. The van der Waals surface area contributed by atoms with E-state index in [-0.39, 0.29) is 12.2 Å². The van der Waals surface area contributed by atoms with Gasteiger partial charge in [0.2, 0.25) is 5.76 Å². The fraction of sp³-hybridized carbons (Fsp3) is 0.167. The first kappa shape index (κ1) is 15.9. The van der Waals surface area contributed by atoms with Crippen LogP contribution in [-0.4, -0.2) is 36.4 Å². The van der Waals surface area contributed by atoms with E-state index in [2.05, 4.69) is 10.5 Å². The van der Waals surface area contributed by atoms with E-state index in [1.54, 1.807) is 12.1 Å². The summed E-state index contributed by atoms with van der Waals surface area (Å²) in [5.41, 5.74) is 0.881. The van der Waals surface area contributed by atoms with Crippen LogP contribution in [0.1, 0.15) is 10.5 Å². The maximum atomic E-state index is 12.2. The van der Waals surface area contributed by atoms with Crippen molar-refractivity contribution in [2.75, 3.05) is 18.0 Å². The minimum absolute atomic E-state index is 0.126. The van der Waals surface area contributed by atoms with Gasteiger partial charge in [-0.25, -0.2) is 4.79 Å². The Morgan fingerprint density at radius 1 is 1.19 bits per heavy atom. The number of rotatable bonds is 5. The second-order valence-electron chi connectivity index (χ2n) is 5.72. The molecule has 0 saturated carbocycles. The molecule has 1 atom stereocenters. The second-order valence-corrected chi connectivity index (χ2v) is 5.72. The molecule has 0 aliphatic carbocycles. The smallest absolute Gasteiger partial charge is 0.414 e. The molecule has 3 heterocycles. The standard InChI is InChI=1S/C18H15N3O5/c22-17(14-9-16(26-20-14)15-7-4-8-24-15)19-10-13-11-21(18(23)25-13)12-5-2-1-3-6-12/h1-9,13H,10-11H2,(H,19,22). The van der Waals surface area contributed by atoms with Crippen molar-refractivity contribution in [3.8, 4) is 11.5 Å². The van der Waals surface area contributed by atoms with Gasteiger partial charge in [0.1, 0.15) is 6.10 Å². The average Bonchev–Trinajstić information content (AvgIpc) is 3.40. The molecule has 1 fully saturated rings. The zero-order valence-electron chi connectivity index (χ0n) is 13.6. The van der Waals surface area contributed by atoms with Gasteiger partial charge in [0.05, 0.1) is 19.4 Å². The molecular formula is C18H15N3O5. The molecule has 0 spiro atoms. The third-order valence-corrected chi connectivity index (χ3v) is 3.94. The topological polar surface area (TPSA) is 97.8 Å². The van der Waals surface area contributed by atoms with E-state index in [4.69, 9.17) is 13.7 Å². The first-order chi connectivity index (χ1) is 12.7. The molecule has 2 aromatic heterocycles. The van der Waals surface area contributed by atoms with E-state index in [0.717, 1.165) is 5.69 Å². The summed E-state index contributed by atoms with van der Waals surface area (Å²) in [7, 11) is 0. The summed E-state index contributed by atoms with van der Waals surface area (Å²) in [5.74, 6) is 0.434. The largest absolute Gasteiger partial charge is 0.461 e. The zero-order valence-corrected chi connectivity index (χ0v) is 13.6. The Hall–Kier alpha value is -3.55. The summed E-state index contributed by atoms with van der Waals surface area (Å²) in [6.45, 7) is 0.538. The van der Waals surface area contributed by atoms with Crippen molar-refractivity contribution >= 4 is 17.7 Å². The number of para-hydroxylation sites is 1. The molecule has 1 aromatic carbocycles. The van der Waals surface area contributed by atoms with Crippen LogP contribution in [0.15, 0.2) is 63.7 Å². The normalized spacial score (nSPS) is 16.5. The number of carbonyl (C=O) groups is 2. The van der Waals surface area contributed by atoms with Crippen molar-refractivity contribution in [3.63, 3.8) is 0 Å². The number of hydrogen-bond donors (Lipinski definition) is 1. The number of cyclic esters (lactones) is 1. The summed E-state index contributed by atoms with van der Waals surface area (Å²) in [6, 6.07) is 14.1. The molecule has 4 rings (SSSR count). The zero-order chi connectivity index (χ0) is 17.9. The fourth-order valence-corrected chi connectivity index (χ4v) is 2.66. The predicted molar refractivity (Wildman–Crippen MR) is 90.6 cm³/mol. The third kappa shape index (κ3) is 3.16. The Bertz CT molecular complexity index is 904. The first-order valence-electron chi connectivity index (χ1n) is 8.03. The third-order valence-electron chi connectivity index (χ3n) is 3.94. The van der Waals surface area contributed by atoms with Crippen molar-refractivity contribution in [3.05, 3.63) is 60.5 Å². The van der Waals surface area contributed by atoms with Crippen molar-refractivity contribution in [2.45, 2.75) is 6.10 Å². The number of carbonyl (C=O) groups excluding carboxylic acids is 2. The van der Waals surface area contributed by atoms with Gasteiger partial charge in [0, 0.05) is 11.8 Å². The van der Waals surface area contributed by atoms with E-state index < -0.39 is 18.1 Å². The summed E-state index contributed by atoms with van der Waals surface area (Å²) in [6.07, 6.45) is 0.630. The Morgan fingerprint density at radius 2 is 2.04 bits per heavy atom. The number of ether oxygens (including phenoxy) is 1. The molecule has 1 saturated heterocycles. The van der Waals surface area contributed by atoms with Crippen LogP contribution in [-0.2, 0) is 4.74 Å². The van der Waals surface area contributed by atoms with Crippen molar-refractivity contribution in [1.82, 2.24) is 10.5 Å². The molecule has 2 amide bonds. The van der Waals surface area contributed by atoms with Crippen molar-refractivity contribution in [1.29, 1.82) is 0 Å². The van der Waals surface area contributed by atoms with Crippen LogP contribution in [0, 0.1) is 0 Å². The summed E-state index contributed by atoms with van der Waals surface area (Å²) in [5, 5.41) is 6.43. The number of amides is 2. The maximum Gasteiger partial charge on any atom is 0.414 e. The summed E-state index contributed by atoms with van der Waals surface area (Å²) in [4.78, 5) is 25.7. The number of benzene rings is 1. The van der Waals surface area contributed by atoms with Gasteiger partial charge in [0.25, 0.3) is 5.91 Å². The number of nitrogens with one attached hydrogen (secondary N) is 1. The van der Waals surface area contributed by atoms with Gasteiger partial charge in [-0.05, 0) is 24.3 Å². The van der Waals surface area contributed by atoms with E-state index in [9.17, 15) is 9.59 Å². The highest BCUT2D eigenvalue weighted by atomic mass is 16.6. The molecule has 1 N–H and O–H groups in total. The van der Waals surface area contributed by atoms with Gasteiger partial charge in [-0.3, -0.25) is 9.69 Å². The van der Waals surface area contributed by atoms with Crippen LogP contribution >= 0.6 is 0 Å². The summed E-state index contributed by atoms with van der Waals surface area (Å²) < 4.78 is 15.6. The molecule has 3 aromatic rings. The number of furan rings is 1. The number of hydrogen-bond acceptors (Lipinski definition) is 6. The van der Waals surface area contributed by atoms with Crippen molar-refractivity contribution < 1.29 is 23.3 Å². The minimum Gasteiger partial charge on any atom is -0.461 e. The maximum absolute atomic E-state index is 12.2. The lowest BCUT2D eigenvalue weighted by atomic mass is 10.2. The van der Waals surface area contributed by atoms with Crippen LogP contribution in [0.2, 0.25) is 0 Å². The van der Waals surface area contributed by atoms with E-state index in [1.807, 2.05) is 30.3 Å². The highest BCUT2D eigenvalue weighted by Gasteiger charge is 2.32. The molecule has 8 heteroatoms. The van der Waals surface area contributed by atoms with Crippen LogP contribution in [0.3, 0.4) is 0 Å². The van der Waals surface area contributed by atoms with Gasteiger partial charge < -0.3 is 19.0 Å².